The first kappa shape index (κ1) is 20.4. The predicted molar refractivity (Wildman–Crippen MR) is 110 cm³/mol. The number of carbonyl (C=O) groups excluding carboxylic acids is 2. The normalized spacial score (nSPS) is 14.2. The van der Waals surface area contributed by atoms with Crippen molar-refractivity contribution in [2.24, 2.45) is 5.92 Å². The molecule has 0 saturated carbocycles. The van der Waals surface area contributed by atoms with Gasteiger partial charge < -0.3 is 25.6 Å². The summed E-state index contributed by atoms with van der Waals surface area (Å²) in [6.07, 6.45) is 1.60. The molecule has 0 aliphatic carbocycles. The van der Waals surface area contributed by atoms with Gasteiger partial charge in [0.25, 0.3) is 0 Å². The van der Waals surface area contributed by atoms with Gasteiger partial charge in [-0.25, -0.2) is 14.0 Å². The number of piperidine rings is 1. The molecule has 0 radical (unpaired) electrons. The molecule has 1 aliphatic heterocycles. The lowest BCUT2D eigenvalue weighted by molar-refractivity contribution is 0.181. The summed E-state index contributed by atoms with van der Waals surface area (Å²) in [6.45, 7) is 1.76. The SMILES string of the molecule is COc1ccccc1NC(=O)N1CCC(CNC(=O)Nc2ccc(F)cc2)CC1. The number of nitrogens with zero attached hydrogens (tertiary/aromatic N) is 1. The van der Waals surface area contributed by atoms with E-state index in [1.54, 1.807) is 24.1 Å². The number of urea groups is 2. The molecule has 29 heavy (non-hydrogen) atoms. The Morgan fingerprint density at radius 2 is 1.76 bits per heavy atom. The number of halogens is 1. The van der Waals surface area contributed by atoms with Crippen molar-refractivity contribution in [3.63, 3.8) is 0 Å². The van der Waals surface area contributed by atoms with Crippen LogP contribution in [0.15, 0.2) is 48.5 Å². The maximum absolute atomic E-state index is 12.9. The van der Waals surface area contributed by atoms with Gasteiger partial charge in [-0.3, -0.25) is 0 Å². The van der Waals surface area contributed by atoms with Crippen molar-refractivity contribution in [2.45, 2.75) is 12.8 Å². The van der Waals surface area contributed by atoms with Crippen molar-refractivity contribution in [3.8, 4) is 5.75 Å². The van der Waals surface area contributed by atoms with Crippen LogP contribution in [0.1, 0.15) is 12.8 Å². The largest absolute Gasteiger partial charge is 0.495 e. The van der Waals surface area contributed by atoms with Gasteiger partial charge in [-0.2, -0.15) is 0 Å². The highest BCUT2D eigenvalue weighted by Gasteiger charge is 2.23. The molecule has 1 aliphatic rings. The summed E-state index contributed by atoms with van der Waals surface area (Å²) in [5.41, 5.74) is 1.17. The molecule has 0 unspecified atom stereocenters. The molecule has 0 aromatic heterocycles. The lowest BCUT2D eigenvalue weighted by atomic mass is 9.97. The number of amides is 4. The van der Waals surface area contributed by atoms with Crippen molar-refractivity contribution in [2.75, 3.05) is 37.4 Å². The van der Waals surface area contributed by atoms with E-state index in [0.29, 0.717) is 42.7 Å². The number of benzene rings is 2. The van der Waals surface area contributed by atoms with Crippen LogP contribution in [-0.2, 0) is 0 Å². The molecule has 1 heterocycles. The molecule has 2 aromatic rings. The number of ether oxygens (including phenoxy) is 1. The Labute approximate surface area is 169 Å². The standard InChI is InChI=1S/C21H25FN4O3/c1-29-19-5-3-2-4-18(19)25-21(28)26-12-10-15(11-13-26)14-23-20(27)24-17-8-6-16(22)7-9-17/h2-9,15H,10-14H2,1H3,(H,25,28)(H2,23,24,27). The average Bonchev–Trinajstić information content (AvgIpc) is 2.74. The highest BCUT2D eigenvalue weighted by Crippen LogP contribution is 2.24. The Balaban J connectivity index is 1.40. The van der Waals surface area contributed by atoms with E-state index in [1.165, 1.54) is 24.3 Å². The third-order valence-electron chi connectivity index (χ3n) is 4.90. The van der Waals surface area contributed by atoms with Crippen molar-refractivity contribution in [1.82, 2.24) is 10.2 Å². The summed E-state index contributed by atoms with van der Waals surface area (Å²) >= 11 is 0. The molecule has 154 valence electrons. The number of anilines is 2. The van der Waals surface area contributed by atoms with E-state index in [1.807, 2.05) is 12.1 Å². The Kier molecular flexibility index (Phi) is 6.89. The zero-order valence-corrected chi connectivity index (χ0v) is 16.3. The second-order valence-corrected chi connectivity index (χ2v) is 6.90. The van der Waals surface area contributed by atoms with Crippen LogP contribution in [0.3, 0.4) is 0 Å². The molecule has 7 nitrogen and oxygen atoms in total. The van der Waals surface area contributed by atoms with Crippen molar-refractivity contribution < 1.29 is 18.7 Å². The zero-order chi connectivity index (χ0) is 20.6. The van der Waals surface area contributed by atoms with Gasteiger partial charge in [0.05, 0.1) is 12.8 Å². The molecule has 4 amide bonds. The summed E-state index contributed by atoms with van der Waals surface area (Å²) in [5.74, 6) is 0.564. The Morgan fingerprint density at radius 1 is 1.07 bits per heavy atom. The van der Waals surface area contributed by atoms with Gasteiger partial charge in [-0.15, -0.1) is 0 Å². The first-order chi connectivity index (χ1) is 14.0. The summed E-state index contributed by atoms with van der Waals surface area (Å²) in [6, 6.07) is 12.4. The molecule has 0 spiro atoms. The second kappa shape index (κ2) is 9.77. The van der Waals surface area contributed by atoms with E-state index in [-0.39, 0.29) is 17.9 Å². The van der Waals surface area contributed by atoms with Gasteiger partial charge >= 0.3 is 12.1 Å². The monoisotopic (exact) mass is 400 g/mol. The fourth-order valence-corrected chi connectivity index (χ4v) is 3.23. The first-order valence-corrected chi connectivity index (χ1v) is 9.54. The number of hydrogen-bond donors (Lipinski definition) is 3. The molecule has 2 aromatic carbocycles. The fourth-order valence-electron chi connectivity index (χ4n) is 3.23. The van der Waals surface area contributed by atoms with E-state index in [9.17, 15) is 14.0 Å². The number of para-hydroxylation sites is 2. The number of likely N-dealkylation sites (tertiary alicyclic amines) is 1. The molecule has 8 heteroatoms. The van der Waals surface area contributed by atoms with Crippen LogP contribution < -0.4 is 20.7 Å². The lowest BCUT2D eigenvalue weighted by Gasteiger charge is -2.32. The van der Waals surface area contributed by atoms with E-state index in [2.05, 4.69) is 16.0 Å². The van der Waals surface area contributed by atoms with Gasteiger partial charge in [0.2, 0.25) is 0 Å². The lowest BCUT2D eigenvalue weighted by Crippen LogP contribution is -2.43. The van der Waals surface area contributed by atoms with Crippen LogP contribution in [0, 0.1) is 11.7 Å². The van der Waals surface area contributed by atoms with E-state index in [4.69, 9.17) is 4.74 Å². The van der Waals surface area contributed by atoms with Crippen LogP contribution in [0.2, 0.25) is 0 Å². The quantitative estimate of drug-likeness (QED) is 0.712. The minimum absolute atomic E-state index is 0.157. The van der Waals surface area contributed by atoms with Crippen LogP contribution >= 0.6 is 0 Å². The van der Waals surface area contributed by atoms with Crippen molar-refractivity contribution >= 4 is 23.4 Å². The molecular formula is C21H25FN4O3. The summed E-state index contributed by atoms with van der Waals surface area (Å²) in [5, 5.41) is 8.39. The summed E-state index contributed by atoms with van der Waals surface area (Å²) in [7, 11) is 1.57. The third-order valence-corrected chi connectivity index (χ3v) is 4.90. The number of hydrogen-bond acceptors (Lipinski definition) is 3. The number of rotatable bonds is 5. The van der Waals surface area contributed by atoms with Crippen molar-refractivity contribution in [1.29, 1.82) is 0 Å². The van der Waals surface area contributed by atoms with Crippen LogP contribution in [0.25, 0.3) is 0 Å². The van der Waals surface area contributed by atoms with Gasteiger partial charge in [0, 0.05) is 25.3 Å². The zero-order valence-electron chi connectivity index (χ0n) is 16.3. The Hall–Kier alpha value is -3.29. The number of methoxy groups -OCH3 is 1. The smallest absolute Gasteiger partial charge is 0.321 e. The predicted octanol–water partition coefficient (Wildman–Crippen LogP) is 3.90. The molecule has 3 rings (SSSR count). The van der Waals surface area contributed by atoms with E-state index < -0.39 is 0 Å². The van der Waals surface area contributed by atoms with Crippen LogP contribution in [-0.4, -0.2) is 43.7 Å². The number of nitrogens with one attached hydrogen (secondary N) is 3. The Bertz CT molecular complexity index is 836. The highest BCUT2D eigenvalue weighted by molar-refractivity contribution is 5.91. The van der Waals surface area contributed by atoms with Gasteiger partial charge in [-0.1, -0.05) is 12.1 Å². The molecule has 3 N–H and O–H groups in total. The minimum Gasteiger partial charge on any atom is -0.495 e. The van der Waals surface area contributed by atoms with E-state index in [0.717, 1.165) is 12.8 Å². The molecule has 0 bridgehead atoms. The molecular weight excluding hydrogens is 375 g/mol. The third kappa shape index (κ3) is 5.84. The maximum Gasteiger partial charge on any atom is 0.321 e. The minimum atomic E-state index is -0.350. The first-order valence-electron chi connectivity index (χ1n) is 9.54. The van der Waals surface area contributed by atoms with Gasteiger partial charge in [0.1, 0.15) is 11.6 Å². The fraction of sp³-hybridized carbons (Fsp3) is 0.333. The van der Waals surface area contributed by atoms with Crippen LogP contribution in [0.5, 0.6) is 5.75 Å². The average molecular weight is 400 g/mol. The van der Waals surface area contributed by atoms with Gasteiger partial charge in [0.15, 0.2) is 0 Å². The second-order valence-electron chi connectivity index (χ2n) is 6.90. The topological polar surface area (TPSA) is 82.7 Å². The van der Waals surface area contributed by atoms with E-state index >= 15 is 0 Å². The summed E-state index contributed by atoms with van der Waals surface area (Å²) < 4.78 is 18.2. The van der Waals surface area contributed by atoms with Crippen molar-refractivity contribution in [3.05, 3.63) is 54.3 Å². The maximum atomic E-state index is 12.9. The molecule has 1 saturated heterocycles. The summed E-state index contributed by atoms with van der Waals surface area (Å²) in [4.78, 5) is 26.2. The molecule has 0 atom stereocenters. The van der Waals surface area contributed by atoms with Crippen LogP contribution in [0.4, 0.5) is 25.4 Å². The Morgan fingerprint density at radius 3 is 2.45 bits per heavy atom. The highest BCUT2D eigenvalue weighted by atomic mass is 19.1. The van der Waals surface area contributed by atoms with Gasteiger partial charge in [-0.05, 0) is 55.2 Å². The molecule has 1 fully saturated rings. The number of carbonyl (C=O) groups is 2.